The Morgan fingerprint density at radius 1 is 1.62 bits per heavy atom. The Balaban J connectivity index is 2.38. The van der Waals surface area contributed by atoms with Crippen molar-refractivity contribution in [3.63, 3.8) is 0 Å². The second-order valence-corrected chi connectivity index (χ2v) is 4.11. The Kier molecular flexibility index (Phi) is 3.83. The first-order chi connectivity index (χ1) is 7.31. The van der Waals surface area contributed by atoms with Crippen molar-refractivity contribution < 1.29 is 23.1 Å². The number of halogens is 2. The zero-order chi connectivity index (χ0) is 12.3. The summed E-state index contributed by atoms with van der Waals surface area (Å²) in [7, 11) is 0. The molecule has 2 amide bonds. The molecular weight excluding hydrogens is 220 g/mol. The summed E-state index contributed by atoms with van der Waals surface area (Å²) in [6.45, 7) is 2.66. The van der Waals surface area contributed by atoms with Crippen molar-refractivity contribution in [1.82, 2.24) is 4.90 Å². The predicted molar refractivity (Wildman–Crippen MR) is 52.1 cm³/mol. The van der Waals surface area contributed by atoms with Crippen molar-refractivity contribution in [2.24, 2.45) is 0 Å². The van der Waals surface area contributed by atoms with Gasteiger partial charge in [0.05, 0.1) is 6.04 Å². The van der Waals surface area contributed by atoms with E-state index in [2.05, 4.69) is 4.74 Å². The Bertz CT molecular complexity index is 288. The van der Waals surface area contributed by atoms with Gasteiger partial charge in [-0.05, 0) is 20.3 Å². The van der Waals surface area contributed by atoms with Gasteiger partial charge in [0.1, 0.15) is 6.61 Å². The average molecular weight is 235 g/mol. The lowest BCUT2D eigenvalue weighted by atomic mass is 10.1. The highest BCUT2D eigenvalue weighted by molar-refractivity contribution is 5.93. The maximum absolute atomic E-state index is 12.5. The van der Waals surface area contributed by atoms with Gasteiger partial charge < -0.3 is 4.74 Å². The Morgan fingerprint density at radius 3 is 2.69 bits per heavy atom. The molecule has 1 saturated heterocycles. The van der Waals surface area contributed by atoms with Crippen LogP contribution in [0.4, 0.5) is 13.6 Å². The van der Waals surface area contributed by atoms with Crippen molar-refractivity contribution in [2.75, 3.05) is 6.61 Å². The summed E-state index contributed by atoms with van der Waals surface area (Å²) in [4.78, 5) is 23.6. The number of imide groups is 1. The molecular formula is C10H15F2NO3. The second kappa shape index (κ2) is 4.76. The molecule has 0 aromatic rings. The van der Waals surface area contributed by atoms with E-state index in [1.165, 1.54) is 0 Å². The molecule has 4 nitrogen and oxygen atoms in total. The Hall–Kier alpha value is -1.20. The maximum atomic E-state index is 12.5. The molecule has 92 valence electrons. The number of carbonyl (C=O) groups excluding carboxylic acids is 2. The molecule has 1 unspecified atom stereocenters. The third kappa shape index (κ3) is 3.43. The fourth-order valence-corrected chi connectivity index (χ4v) is 1.53. The smallest absolute Gasteiger partial charge is 0.416 e. The van der Waals surface area contributed by atoms with Gasteiger partial charge in [-0.1, -0.05) is 0 Å². The number of hydrogen-bond donors (Lipinski definition) is 0. The van der Waals surface area contributed by atoms with Gasteiger partial charge >= 0.3 is 6.09 Å². The monoisotopic (exact) mass is 235 g/mol. The molecule has 1 aliphatic rings. The van der Waals surface area contributed by atoms with Crippen LogP contribution in [0.2, 0.25) is 0 Å². The van der Waals surface area contributed by atoms with Crippen LogP contribution in [0.3, 0.4) is 0 Å². The lowest BCUT2D eigenvalue weighted by Crippen LogP contribution is -2.37. The first-order valence-corrected chi connectivity index (χ1v) is 5.18. The lowest BCUT2D eigenvalue weighted by Gasteiger charge is -2.16. The normalized spacial score (nSPS) is 21.1. The molecule has 1 heterocycles. The number of alkyl halides is 2. The van der Waals surface area contributed by atoms with Gasteiger partial charge in [0.25, 0.3) is 0 Å². The highest BCUT2D eigenvalue weighted by Gasteiger charge is 2.34. The van der Waals surface area contributed by atoms with E-state index in [0.29, 0.717) is 0 Å². The number of ether oxygens (including phenoxy) is 1. The van der Waals surface area contributed by atoms with Crippen LogP contribution in [-0.2, 0) is 9.53 Å². The minimum absolute atomic E-state index is 0.0527. The molecule has 0 saturated carbocycles. The molecule has 0 aliphatic carbocycles. The number of nitrogens with zero attached hydrogens (tertiary/aromatic N) is 1. The van der Waals surface area contributed by atoms with Crippen LogP contribution in [0, 0.1) is 0 Å². The van der Waals surface area contributed by atoms with Crippen molar-refractivity contribution in [3.8, 4) is 0 Å². The molecule has 0 bridgehead atoms. The Labute approximate surface area is 92.5 Å². The summed E-state index contributed by atoms with van der Waals surface area (Å²) >= 11 is 0. The largest absolute Gasteiger partial charge is 0.447 e. The van der Waals surface area contributed by atoms with E-state index >= 15 is 0 Å². The van der Waals surface area contributed by atoms with E-state index in [4.69, 9.17) is 0 Å². The van der Waals surface area contributed by atoms with E-state index < -0.39 is 17.9 Å². The van der Waals surface area contributed by atoms with Crippen LogP contribution in [0.25, 0.3) is 0 Å². The van der Waals surface area contributed by atoms with Crippen molar-refractivity contribution in [1.29, 1.82) is 0 Å². The van der Waals surface area contributed by atoms with Crippen LogP contribution >= 0.6 is 0 Å². The molecule has 1 fully saturated rings. The van der Waals surface area contributed by atoms with Crippen LogP contribution in [0.5, 0.6) is 0 Å². The molecule has 16 heavy (non-hydrogen) atoms. The van der Waals surface area contributed by atoms with Crippen LogP contribution in [0.1, 0.15) is 33.1 Å². The van der Waals surface area contributed by atoms with Gasteiger partial charge in [-0.15, -0.1) is 0 Å². The lowest BCUT2D eigenvalue weighted by molar-refractivity contribution is -0.129. The first-order valence-electron chi connectivity index (χ1n) is 5.18. The average Bonchev–Trinajstić information content (AvgIpc) is 2.43. The summed E-state index contributed by atoms with van der Waals surface area (Å²) in [5, 5.41) is 0. The standard InChI is InChI=1S/C10H15F2NO3/c1-7-6-16-9(15)13(7)8(14)4-3-5-10(2,11)12/h7H,3-6H2,1-2H3. The van der Waals surface area contributed by atoms with Gasteiger partial charge in [0.2, 0.25) is 11.8 Å². The molecule has 1 atom stereocenters. The van der Waals surface area contributed by atoms with E-state index in [1.807, 2.05) is 0 Å². The van der Waals surface area contributed by atoms with Gasteiger partial charge in [0, 0.05) is 12.8 Å². The summed E-state index contributed by atoms with van der Waals surface area (Å²) in [5.41, 5.74) is 0. The van der Waals surface area contributed by atoms with Gasteiger partial charge in [0.15, 0.2) is 0 Å². The quantitative estimate of drug-likeness (QED) is 0.750. The van der Waals surface area contributed by atoms with E-state index in [0.717, 1.165) is 11.8 Å². The van der Waals surface area contributed by atoms with Gasteiger partial charge in [-0.3, -0.25) is 4.79 Å². The highest BCUT2D eigenvalue weighted by Crippen LogP contribution is 2.21. The Morgan fingerprint density at radius 2 is 2.25 bits per heavy atom. The summed E-state index contributed by atoms with van der Waals surface area (Å²) in [5.74, 6) is -3.21. The summed E-state index contributed by atoms with van der Waals surface area (Å²) < 4.78 is 29.6. The van der Waals surface area contributed by atoms with Crippen molar-refractivity contribution >= 4 is 12.0 Å². The third-order valence-corrected chi connectivity index (χ3v) is 2.36. The number of hydrogen-bond acceptors (Lipinski definition) is 3. The molecule has 1 rings (SSSR count). The molecule has 0 N–H and O–H groups in total. The van der Waals surface area contributed by atoms with E-state index in [-0.39, 0.29) is 31.9 Å². The first kappa shape index (κ1) is 12.9. The summed E-state index contributed by atoms with van der Waals surface area (Å²) in [6, 6.07) is -0.304. The zero-order valence-electron chi connectivity index (χ0n) is 9.33. The van der Waals surface area contributed by atoms with E-state index in [1.54, 1.807) is 6.92 Å². The fourth-order valence-electron chi connectivity index (χ4n) is 1.53. The number of cyclic esters (lactones) is 1. The maximum Gasteiger partial charge on any atom is 0.416 e. The molecule has 0 aromatic heterocycles. The fraction of sp³-hybridized carbons (Fsp3) is 0.800. The van der Waals surface area contributed by atoms with Gasteiger partial charge in [-0.25, -0.2) is 18.5 Å². The second-order valence-electron chi connectivity index (χ2n) is 4.11. The van der Waals surface area contributed by atoms with Gasteiger partial charge in [-0.2, -0.15) is 0 Å². The number of amides is 2. The highest BCUT2D eigenvalue weighted by atomic mass is 19.3. The van der Waals surface area contributed by atoms with Crippen molar-refractivity contribution in [3.05, 3.63) is 0 Å². The number of carbonyl (C=O) groups is 2. The summed E-state index contributed by atoms with van der Waals surface area (Å²) in [6.07, 6.45) is -1.02. The van der Waals surface area contributed by atoms with Crippen LogP contribution in [0.15, 0.2) is 0 Å². The van der Waals surface area contributed by atoms with Crippen molar-refractivity contribution in [2.45, 2.75) is 45.1 Å². The predicted octanol–water partition coefficient (Wildman–Crippen LogP) is 2.18. The molecule has 0 aromatic carbocycles. The van der Waals surface area contributed by atoms with Crippen LogP contribution < -0.4 is 0 Å². The third-order valence-electron chi connectivity index (χ3n) is 2.36. The SMILES string of the molecule is CC1COC(=O)N1C(=O)CCCC(C)(F)F. The minimum atomic E-state index is -2.77. The molecule has 0 spiro atoms. The van der Waals surface area contributed by atoms with Crippen LogP contribution in [-0.4, -0.2) is 35.5 Å². The zero-order valence-corrected chi connectivity index (χ0v) is 9.33. The molecule has 0 radical (unpaired) electrons. The van der Waals surface area contributed by atoms with E-state index in [9.17, 15) is 18.4 Å². The topological polar surface area (TPSA) is 46.6 Å². The molecule has 6 heteroatoms. The minimum Gasteiger partial charge on any atom is -0.447 e. The number of rotatable bonds is 4. The molecule has 1 aliphatic heterocycles.